The monoisotopic (exact) mass is 120 g/mol. The lowest BCUT2D eigenvalue weighted by Gasteiger charge is -2.08. The van der Waals surface area contributed by atoms with E-state index in [0.717, 1.165) is 0 Å². The van der Waals surface area contributed by atoms with E-state index < -0.39 is 13.6 Å². The van der Waals surface area contributed by atoms with Gasteiger partial charge in [0.25, 0.3) is 0 Å². The summed E-state index contributed by atoms with van der Waals surface area (Å²) in [7, 11) is -0.336. The SMILES string of the molecule is COC(C)OB(O)O. The van der Waals surface area contributed by atoms with Gasteiger partial charge < -0.3 is 19.4 Å². The van der Waals surface area contributed by atoms with Gasteiger partial charge in [0.2, 0.25) is 0 Å². The highest BCUT2D eigenvalue weighted by atomic mass is 16.7. The van der Waals surface area contributed by atoms with Crippen molar-refractivity contribution >= 4 is 7.32 Å². The minimum atomic E-state index is -1.75. The third kappa shape index (κ3) is 4.07. The fraction of sp³-hybridized carbons (Fsp3) is 1.00. The second-order valence-electron chi connectivity index (χ2n) is 1.27. The van der Waals surface area contributed by atoms with E-state index in [-0.39, 0.29) is 0 Å². The molecule has 0 bridgehead atoms. The summed E-state index contributed by atoms with van der Waals surface area (Å²) < 4.78 is 8.81. The highest BCUT2D eigenvalue weighted by Crippen LogP contribution is 1.89. The molecule has 0 radical (unpaired) electrons. The standard InChI is InChI=1S/C3H9BO4/c1-3(7-2)8-4(5)6/h3,5-6H,1-2H3. The topological polar surface area (TPSA) is 58.9 Å². The maximum atomic E-state index is 8.11. The fourth-order valence-electron chi connectivity index (χ4n) is 0.227. The Balaban J connectivity index is 3.10. The van der Waals surface area contributed by atoms with Gasteiger partial charge in [-0.1, -0.05) is 0 Å². The van der Waals surface area contributed by atoms with Crippen LogP contribution in [0, 0.1) is 0 Å². The molecule has 4 nitrogen and oxygen atoms in total. The fourth-order valence-corrected chi connectivity index (χ4v) is 0.227. The van der Waals surface area contributed by atoms with Crippen LogP contribution >= 0.6 is 0 Å². The molecule has 8 heavy (non-hydrogen) atoms. The van der Waals surface area contributed by atoms with Crippen LogP contribution in [0.4, 0.5) is 0 Å². The summed E-state index contributed by atoms with van der Waals surface area (Å²) in [5, 5.41) is 16.2. The maximum absolute atomic E-state index is 8.11. The molecule has 0 spiro atoms. The van der Waals surface area contributed by atoms with Gasteiger partial charge in [-0.2, -0.15) is 0 Å². The van der Waals surface area contributed by atoms with Gasteiger partial charge in [-0.25, -0.2) is 0 Å². The largest absolute Gasteiger partial charge is 0.635 e. The predicted octanol–water partition coefficient (Wildman–Crippen LogP) is -1.04. The molecular formula is C3H9BO4. The van der Waals surface area contributed by atoms with Crippen molar-refractivity contribution in [2.45, 2.75) is 13.2 Å². The van der Waals surface area contributed by atoms with Crippen molar-refractivity contribution in [3.05, 3.63) is 0 Å². The van der Waals surface area contributed by atoms with E-state index in [1.807, 2.05) is 0 Å². The summed E-state index contributed by atoms with van der Waals surface area (Å²) in [4.78, 5) is 0. The number of hydrogen-bond acceptors (Lipinski definition) is 4. The quantitative estimate of drug-likeness (QED) is 0.369. The molecule has 0 saturated heterocycles. The van der Waals surface area contributed by atoms with Crippen molar-refractivity contribution in [2.24, 2.45) is 0 Å². The molecule has 0 saturated carbocycles. The van der Waals surface area contributed by atoms with Crippen LogP contribution in [0.3, 0.4) is 0 Å². The predicted molar refractivity (Wildman–Crippen MR) is 27.7 cm³/mol. The lowest BCUT2D eigenvalue weighted by molar-refractivity contribution is -0.0638. The second kappa shape index (κ2) is 3.85. The van der Waals surface area contributed by atoms with Crippen molar-refractivity contribution in [1.82, 2.24) is 0 Å². The van der Waals surface area contributed by atoms with Crippen molar-refractivity contribution in [2.75, 3.05) is 7.11 Å². The lowest BCUT2D eigenvalue weighted by Crippen LogP contribution is -2.24. The molecule has 48 valence electrons. The molecule has 0 aliphatic heterocycles. The van der Waals surface area contributed by atoms with E-state index in [4.69, 9.17) is 10.0 Å². The van der Waals surface area contributed by atoms with Gasteiger partial charge >= 0.3 is 7.32 Å². The minimum absolute atomic E-state index is 0.574. The summed E-state index contributed by atoms with van der Waals surface area (Å²) in [5.74, 6) is 0. The zero-order valence-electron chi connectivity index (χ0n) is 4.87. The molecule has 0 aliphatic carbocycles. The lowest BCUT2D eigenvalue weighted by atomic mass is 10.3. The zero-order chi connectivity index (χ0) is 6.57. The molecule has 2 N–H and O–H groups in total. The van der Waals surface area contributed by atoms with Crippen molar-refractivity contribution in [1.29, 1.82) is 0 Å². The van der Waals surface area contributed by atoms with E-state index in [1.54, 1.807) is 6.92 Å². The highest BCUT2D eigenvalue weighted by molar-refractivity contribution is 6.32. The zero-order valence-corrected chi connectivity index (χ0v) is 4.87. The minimum Gasteiger partial charge on any atom is -0.402 e. The van der Waals surface area contributed by atoms with Crippen LogP contribution in [0.2, 0.25) is 0 Å². The average Bonchev–Trinajstić information content (AvgIpc) is 1.65. The van der Waals surface area contributed by atoms with E-state index in [2.05, 4.69) is 9.39 Å². The van der Waals surface area contributed by atoms with Gasteiger partial charge in [0.15, 0.2) is 0 Å². The number of ether oxygens (including phenoxy) is 1. The molecule has 0 aromatic rings. The summed E-state index contributed by atoms with van der Waals surface area (Å²) in [6, 6.07) is 0. The third-order valence-corrected chi connectivity index (χ3v) is 0.645. The van der Waals surface area contributed by atoms with Gasteiger partial charge in [0.1, 0.15) is 6.29 Å². The van der Waals surface area contributed by atoms with E-state index in [9.17, 15) is 0 Å². The summed E-state index contributed by atoms with van der Waals surface area (Å²) in [5.41, 5.74) is 0. The smallest absolute Gasteiger partial charge is 0.402 e. The van der Waals surface area contributed by atoms with Crippen LogP contribution < -0.4 is 0 Å². The first kappa shape index (κ1) is 7.90. The molecule has 0 heterocycles. The Labute approximate surface area is 48.2 Å². The highest BCUT2D eigenvalue weighted by Gasteiger charge is 2.12. The molecule has 1 atom stereocenters. The van der Waals surface area contributed by atoms with Gasteiger partial charge in [0, 0.05) is 7.11 Å². The number of methoxy groups -OCH3 is 1. The van der Waals surface area contributed by atoms with Crippen molar-refractivity contribution < 1.29 is 19.4 Å². The van der Waals surface area contributed by atoms with E-state index >= 15 is 0 Å². The van der Waals surface area contributed by atoms with E-state index in [0.29, 0.717) is 0 Å². The molecule has 0 aromatic heterocycles. The molecule has 5 heteroatoms. The van der Waals surface area contributed by atoms with Crippen LogP contribution in [0.15, 0.2) is 0 Å². The van der Waals surface area contributed by atoms with Crippen molar-refractivity contribution in [3.63, 3.8) is 0 Å². The van der Waals surface area contributed by atoms with E-state index in [1.165, 1.54) is 7.11 Å². The number of hydrogen-bond donors (Lipinski definition) is 2. The maximum Gasteiger partial charge on any atom is 0.635 e. The first-order chi connectivity index (χ1) is 3.66. The molecule has 0 amide bonds. The Kier molecular flexibility index (Phi) is 3.81. The Morgan fingerprint density at radius 2 is 2.00 bits per heavy atom. The van der Waals surface area contributed by atoms with Gasteiger partial charge in [-0.15, -0.1) is 0 Å². The summed E-state index contributed by atoms with van der Waals surface area (Å²) in [6.07, 6.45) is -0.574. The normalized spacial score (nSPS) is 13.5. The van der Waals surface area contributed by atoms with Crippen LogP contribution in [0.5, 0.6) is 0 Å². The average molecular weight is 120 g/mol. The Morgan fingerprint density at radius 1 is 1.50 bits per heavy atom. The number of rotatable bonds is 3. The van der Waals surface area contributed by atoms with Gasteiger partial charge in [-0.3, -0.25) is 0 Å². The summed E-state index contributed by atoms with van der Waals surface area (Å²) in [6.45, 7) is 1.56. The van der Waals surface area contributed by atoms with Crippen LogP contribution in [0.25, 0.3) is 0 Å². The Hall–Kier alpha value is -0.0951. The molecule has 1 unspecified atom stereocenters. The summed E-state index contributed by atoms with van der Waals surface area (Å²) >= 11 is 0. The molecule has 0 aromatic carbocycles. The first-order valence-electron chi connectivity index (χ1n) is 2.21. The Morgan fingerprint density at radius 3 is 2.12 bits per heavy atom. The Bertz CT molecular complexity index is 57.2. The third-order valence-electron chi connectivity index (χ3n) is 0.645. The van der Waals surface area contributed by atoms with Gasteiger partial charge in [0.05, 0.1) is 0 Å². The van der Waals surface area contributed by atoms with Crippen LogP contribution in [0.1, 0.15) is 6.92 Å². The van der Waals surface area contributed by atoms with Crippen LogP contribution in [-0.2, 0) is 9.39 Å². The molecule has 0 aliphatic rings. The second-order valence-corrected chi connectivity index (χ2v) is 1.27. The van der Waals surface area contributed by atoms with Crippen molar-refractivity contribution in [3.8, 4) is 0 Å². The first-order valence-corrected chi connectivity index (χ1v) is 2.21. The molecule has 0 fully saturated rings. The van der Waals surface area contributed by atoms with Crippen LogP contribution in [-0.4, -0.2) is 30.8 Å². The van der Waals surface area contributed by atoms with Gasteiger partial charge in [-0.05, 0) is 6.92 Å². The molecular weight excluding hydrogens is 111 g/mol. The molecule has 0 rings (SSSR count).